The van der Waals surface area contributed by atoms with Crippen molar-refractivity contribution in [2.75, 3.05) is 13.2 Å². The van der Waals surface area contributed by atoms with Crippen LogP contribution in [0.25, 0.3) is 0 Å². The second-order valence-corrected chi connectivity index (χ2v) is 21.7. The van der Waals surface area contributed by atoms with E-state index in [0.717, 1.165) is 57.8 Å². The van der Waals surface area contributed by atoms with Crippen molar-refractivity contribution in [3.8, 4) is 0 Å². The van der Waals surface area contributed by atoms with Crippen LogP contribution in [0, 0.1) is 0 Å². The Bertz CT molecular complexity index is 1210. The van der Waals surface area contributed by atoms with Gasteiger partial charge in [0.2, 0.25) is 5.91 Å². The number of unbranched alkanes of at least 4 members (excludes halogenated alkanes) is 42. The molecule has 0 saturated heterocycles. The molecule has 0 bridgehead atoms. The fraction of sp³-hybridized carbons (Fsp3) is 0.848. The normalized spacial score (nSPS) is 12.9. The predicted octanol–water partition coefficient (Wildman–Crippen LogP) is 20.1. The summed E-state index contributed by atoms with van der Waals surface area (Å²) in [7, 11) is 0. The highest BCUT2D eigenvalue weighted by Crippen LogP contribution is 2.17. The molecule has 3 N–H and O–H groups in total. The van der Waals surface area contributed by atoms with Gasteiger partial charge in [0.1, 0.15) is 0 Å². The maximum atomic E-state index is 12.5. The number of aliphatic hydroxyl groups is 2. The standard InChI is InChI=1S/C66H123NO5/c1-3-5-7-9-11-13-15-17-19-20-25-29-32-36-40-44-48-52-56-60-66(71)72-61-57-53-49-45-41-37-33-30-27-24-22-21-23-26-28-31-35-39-43-47-51-55-59-65(70)67-63(62-68)64(69)58-54-50-46-42-38-34-18-16-14-12-10-8-6-4-2/h11,13,17,19,23,26,54,58,63-64,68-69H,3-10,12,14-16,18,20-22,24-25,27-53,55-57,59-62H2,1-2H3,(H,67,70)/b13-11-,19-17-,26-23-,58-54+. The Labute approximate surface area is 448 Å². The molecular weight excluding hydrogens is 887 g/mol. The van der Waals surface area contributed by atoms with Crippen LogP contribution in [0.3, 0.4) is 0 Å². The van der Waals surface area contributed by atoms with E-state index in [9.17, 15) is 19.8 Å². The Hall–Kier alpha value is -2.18. The number of rotatable bonds is 59. The zero-order valence-electron chi connectivity index (χ0n) is 48.2. The first kappa shape index (κ1) is 69.8. The molecule has 1 amide bonds. The molecule has 6 heteroatoms. The second-order valence-electron chi connectivity index (χ2n) is 21.7. The lowest BCUT2D eigenvalue weighted by molar-refractivity contribution is -0.143. The van der Waals surface area contributed by atoms with E-state index < -0.39 is 12.1 Å². The van der Waals surface area contributed by atoms with Crippen LogP contribution in [0.15, 0.2) is 48.6 Å². The molecule has 0 saturated carbocycles. The van der Waals surface area contributed by atoms with E-state index in [4.69, 9.17) is 4.74 Å². The van der Waals surface area contributed by atoms with Gasteiger partial charge in [-0.1, -0.05) is 281 Å². The van der Waals surface area contributed by atoms with Crippen LogP contribution in [-0.4, -0.2) is 47.4 Å². The third-order valence-corrected chi connectivity index (χ3v) is 14.6. The second kappa shape index (κ2) is 61.4. The summed E-state index contributed by atoms with van der Waals surface area (Å²) in [6.07, 6.45) is 78.7. The molecular formula is C66H123NO5. The lowest BCUT2D eigenvalue weighted by Gasteiger charge is -2.20. The third kappa shape index (κ3) is 57.1. The summed E-state index contributed by atoms with van der Waals surface area (Å²) in [6.45, 7) is 4.88. The summed E-state index contributed by atoms with van der Waals surface area (Å²) in [4.78, 5) is 24.6. The van der Waals surface area contributed by atoms with Crippen LogP contribution in [0.2, 0.25) is 0 Å². The van der Waals surface area contributed by atoms with Crippen LogP contribution < -0.4 is 5.32 Å². The van der Waals surface area contributed by atoms with Gasteiger partial charge in [0.25, 0.3) is 0 Å². The molecule has 0 heterocycles. The Morgan fingerprint density at radius 3 is 1.10 bits per heavy atom. The Balaban J connectivity index is 3.42. The van der Waals surface area contributed by atoms with E-state index in [-0.39, 0.29) is 18.5 Å². The quantitative estimate of drug-likeness (QED) is 0.0320. The highest BCUT2D eigenvalue weighted by atomic mass is 16.5. The largest absolute Gasteiger partial charge is 0.466 e. The van der Waals surface area contributed by atoms with Gasteiger partial charge < -0.3 is 20.3 Å². The van der Waals surface area contributed by atoms with Crippen molar-refractivity contribution in [1.82, 2.24) is 5.32 Å². The zero-order valence-corrected chi connectivity index (χ0v) is 48.2. The van der Waals surface area contributed by atoms with E-state index in [1.54, 1.807) is 6.08 Å². The topological polar surface area (TPSA) is 95.9 Å². The number of hydrogen-bond acceptors (Lipinski definition) is 5. The van der Waals surface area contributed by atoms with Gasteiger partial charge in [-0.2, -0.15) is 0 Å². The van der Waals surface area contributed by atoms with E-state index >= 15 is 0 Å². The number of nitrogens with one attached hydrogen (secondary N) is 1. The van der Waals surface area contributed by atoms with E-state index in [2.05, 4.69) is 55.6 Å². The molecule has 2 unspecified atom stereocenters. The molecule has 0 spiro atoms. The fourth-order valence-electron chi connectivity index (χ4n) is 9.66. The highest BCUT2D eigenvalue weighted by molar-refractivity contribution is 5.76. The van der Waals surface area contributed by atoms with Gasteiger partial charge >= 0.3 is 5.97 Å². The monoisotopic (exact) mass is 1010 g/mol. The molecule has 6 nitrogen and oxygen atoms in total. The summed E-state index contributed by atoms with van der Waals surface area (Å²) in [5.74, 6) is -0.0693. The first-order valence-corrected chi connectivity index (χ1v) is 31.9. The lowest BCUT2D eigenvalue weighted by atomic mass is 10.0. The molecule has 422 valence electrons. The summed E-state index contributed by atoms with van der Waals surface area (Å²) >= 11 is 0. The van der Waals surface area contributed by atoms with Gasteiger partial charge in [-0.3, -0.25) is 9.59 Å². The number of carbonyl (C=O) groups is 2. The Kier molecular flexibility index (Phi) is 59.5. The molecule has 0 radical (unpaired) electrons. The smallest absolute Gasteiger partial charge is 0.305 e. The average Bonchev–Trinajstić information content (AvgIpc) is 3.38. The van der Waals surface area contributed by atoms with Gasteiger partial charge in [0.05, 0.1) is 25.4 Å². The van der Waals surface area contributed by atoms with Crippen molar-refractivity contribution in [3.05, 3.63) is 48.6 Å². The summed E-state index contributed by atoms with van der Waals surface area (Å²) in [5, 5.41) is 23.1. The summed E-state index contributed by atoms with van der Waals surface area (Å²) < 4.78 is 5.50. The number of aliphatic hydroxyl groups excluding tert-OH is 2. The van der Waals surface area contributed by atoms with Crippen LogP contribution in [0.5, 0.6) is 0 Å². The average molecular weight is 1010 g/mol. The molecule has 0 aliphatic rings. The maximum Gasteiger partial charge on any atom is 0.305 e. The van der Waals surface area contributed by atoms with Crippen molar-refractivity contribution in [2.45, 2.75) is 347 Å². The molecule has 0 aromatic heterocycles. The van der Waals surface area contributed by atoms with Gasteiger partial charge in [-0.15, -0.1) is 0 Å². The summed E-state index contributed by atoms with van der Waals surface area (Å²) in [6, 6.07) is -0.633. The number of amides is 1. The molecule has 0 aromatic carbocycles. The van der Waals surface area contributed by atoms with Gasteiger partial charge in [-0.05, 0) is 89.9 Å². The van der Waals surface area contributed by atoms with Crippen molar-refractivity contribution in [3.63, 3.8) is 0 Å². The van der Waals surface area contributed by atoms with Crippen molar-refractivity contribution < 1.29 is 24.5 Å². The lowest BCUT2D eigenvalue weighted by Crippen LogP contribution is -2.45. The van der Waals surface area contributed by atoms with E-state index in [1.165, 1.54) is 250 Å². The minimum atomic E-state index is -0.849. The summed E-state index contributed by atoms with van der Waals surface area (Å²) in [5.41, 5.74) is 0. The zero-order chi connectivity index (χ0) is 52.2. The SMILES string of the molecule is CCCCC/C=C\C/C=C\CCCCCCCCCCCC(=O)OCCCCCCCCCCCCC/C=C\CCCCCCCCCC(=O)NC(CO)C(O)/C=C/CCCCCCCCCCCCCC. The molecule has 0 aliphatic heterocycles. The minimum absolute atomic E-state index is 0.00541. The van der Waals surface area contributed by atoms with Crippen LogP contribution >= 0.6 is 0 Å². The maximum absolute atomic E-state index is 12.5. The van der Waals surface area contributed by atoms with Gasteiger partial charge in [0.15, 0.2) is 0 Å². The van der Waals surface area contributed by atoms with Crippen molar-refractivity contribution in [2.24, 2.45) is 0 Å². The molecule has 0 aromatic rings. The molecule has 2 atom stereocenters. The predicted molar refractivity (Wildman–Crippen MR) is 315 cm³/mol. The number of hydrogen-bond donors (Lipinski definition) is 3. The number of esters is 1. The first-order valence-electron chi connectivity index (χ1n) is 31.9. The van der Waals surface area contributed by atoms with E-state index in [0.29, 0.717) is 19.4 Å². The number of allylic oxidation sites excluding steroid dienone is 7. The van der Waals surface area contributed by atoms with Crippen LogP contribution in [0.4, 0.5) is 0 Å². The third-order valence-electron chi connectivity index (χ3n) is 14.6. The fourth-order valence-corrected chi connectivity index (χ4v) is 9.66. The van der Waals surface area contributed by atoms with E-state index in [1.807, 2.05) is 6.08 Å². The van der Waals surface area contributed by atoms with Crippen LogP contribution in [0.1, 0.15) is 335 Å². The van der Waals surface area contributed by atoms with Gasteiger partial charge in [0, 0.05) is 12.8 Å². The van der Waals surface area contributed by atoms with Crippen molar-refractivity contribution >= 4 is 11.9 Å². The number of carbonyl (C=O) groups excluding carboxylic acids is 2. The Morgan fingerprint density at radius 2 is 0.694 bits per heavy atom. The Morgan fingerprint density at radius 1 is 0.389 bits per heavy atom. The molecule has 0 aliphatic carbocycles. The molecule has 0 fully saturated rings. The minimum Gasteiger partial charge on any atom is -0.466 e. The highest BCUT2D eigenvalue weighted by Gasteiger charge is 2.18. The molecule has 0 rings (SSSR count). The van der Waals surface area contributed by atoms with Gasteiger partial charge in [-0.25, -0.2) is 0 Å². The van der Waals surface area contributed by atoms with Crippen molar-refractivity contribution in [1.29, 1.82) is 0 Å². The molecule has 72 heavy (non-hydrogen) atoms. The first-order chi connectivity index (χ1) is 35.5. The number of ether oxygens (including phenoxy) is 1. The van der Waals surface area contributed by atoms with Crippen LogP contribution in [-0.2, 0) is 14.3 Å².